The maximum atomic E-state index is 12.4. The van der Waals surface area contributed by atoms with Crippen LogP contribution in [-0.4, -0.2) is 48.1 Å². The maximum Gasteiger partial charge on any atom is 0.245 e. The summed E-state index contributed by atoms with van der Waals surface area (Å²) in [5.41, 5.74) is 0. The summed E-state index contributed by atoms with van der Waals surface area (Å²) in [7, 11) is 0. The van der Waals surface area contributed by atoms with Crippen molar-refractivity contribution >= 4 is 11.8 Å². The minimum absolute atomic E-state index is 0.0361. The lowest BCUT2D eigenvalue weighted by molar-refractivity contribution is -0.149. The summed E-state index contributed by atoms with van der Waals surface area (Å²) in [6.45, 7) is 4.85. The SMILES string of the molecule is CCCC1NC(=O)C(C)N(CCOC2CCCC2)C1=O. The van der Waals surface area contributed by atoms with E-state index < -0.39 is 0 Å². The molecule has 2 fully saturated rings. The number of carbonyl (C=O) groups excluding carboxylic acids is 2. The zero-order chi connectivity index (χ0) is 14.5. The lowest BCUT2D eigenvalue weighted by Crippen LogP contribution is -2.62. The van der Waals surface area contributed by atoms with Crippen molar-refractivity contribution in [3.05, 3.63) is 0 Å². The highest BCUT2D eigenvalue weighted by molar-refractivity contribution is 5.96. The van der Waals surface area contributed by atoms with Gasteiger partial charge in [0.2, 0.25) is 11.8 Å². The molecule has 2 aliphatic rings. The van der Waals surface area contributed by atoms with Crippen LogP contribution in [0.2, 0.25) is 0 Å². The third kappa shape index (κ3) is 3.51. The first-order chi connectivity index (χ1) is 9.63. The van der Waals surface area contributed by atoms with Gasteiger partial charge >= 0.3 is 0 Å². The minimum atomic E-state index is -0.386. The van der Waals surface area contributed by atoms with Gasteiger partial charge in [-0.3, -0.25) is 9.59 Å². The van der Waals surface area contributed by atoms with Crippen molar-refractivity contribution in [2.45, 2.75) is 70.6 Å². The van der Waals surface area contributed by atoms with E-state index in [2.05, 4.69) is 5.32 Å². The molecule has 1 aliphatic carbocycles. The fourth-order valence-electron chi connectivity index (χ4n) is 3.05. The number of carbonyl (C=O) groups is 2. The van der Waals surface area contributed by atoms with Crippen LogP contribution in [0.5, 0.6) is 0 Å². The molecule has 1 saturated heterocycles. The molecule has 2 amide bonds. The Kier molecular flexibility index (Phi) is 5.40. The monoisotopic (exact) mass is 282 g/mol. The molecule has 1 heterocycles. The van der Waals surface area contributed by atoms with Gasteiger partial charge in [0.05, 0.1) is 12.7 Å². The molecule has 1 N–H and O–H groups in total. The van der Waals surface area contributed by atoms with E-state index in [1.807, 2.05) is 6.92 Å². The number of amides is 2. The summed E-state index contributed by atoms with van der Waals surface area (Å²) in [5, 5.41) is 2.81. The summed E-state index contributed by atoms with van der Waals surface area (Å²) in [5.74, 6) is -0.0158. The van der Waals surface area contributed by atoms with E-state index in [1.165, 1.54) is 12.8 Å². The van der Waals surface area contributed by atoms with Gasteiger partial charge in [-0.2, -0.15) is 0 Å². The fourth-order valence-corrected chi connectivity index (χ4v) is 3.05. The Bertz CT molecular complexity index is 353. The first-order valence-electron chi connectivity index (χ1n) is 7.86. The standard InChI is InChI=1S/C15H26N2O3/c1-3-6-13-15(19)17(11(2)14(18)16-13)9-10-20-12-7-4-5-8-12/h11-13H,3-10H2,1-2H3,(H,16,18). The molecule has 0 aromatic carbocycles. The Labute approximate surface area is 121 Å². The van der Waals surface area contributed by atoms with Crippen LogP contribution in [0.3, 0.4) is 0 Å². The molecule has 0 bridgehead atoms. The first kappa shape index (κ1) is 15.3. The van der Waals surface area contributed by atoms with E-state index in [0.717, 1.165) is 19.3 Å². The Morgan fingerprint density at radius 1 is 1.30 bits per heavy atom. The van der Waals surface area contributed by atoms with E-state index >= 15 is 0 Å². The normalized spacial score (nSPS) is 28.0. The third-order valence-corrected chi connectivity index (χ3v) is 4.31. The van der Waals surface area contributed by atoms with Crippen molar-refractivity contribution in [2.75, 3.05) is 13.2 Å². The summed E-state index contributed by atoms with van der Waals surface area (Å²) < 4.78 is 5.81. The maximum absolute atomic E-state index is 12.4. The minimum Gasteiger partial charge on any atom is -0.376 e. The van der Waals surface area contributed by atoms with Crippen LogP contribution >= 0.6 is 0 Å². The zero-order valence-electron chi connectivity index (χ0n) is 12.6. The van der Waals surface area contributed by atoms with Crippen LogP contribution in [-0.2, 0) is 14.3 Å². The second-order valence-electron chi connectivity index (χ2n) is 5.83. The molecule has 0 aromatic heterocycles. The fraction of sp³-hybridized carbons (Fsp3) is 0.867. The van der Waals surface area contributed by atoms with Crippen LogP contribution in [0.1, 0.15) is 52.4 Å². The largest absolute Gasteiger partial charge is 0.376 e. The van der Waals surface area contributed by atoms with Crippen LogP contribution in [0.15, 0.2) is 0 Å². The molecule has 114 valence electrons. The van der Waals surface area contributed by atoms with Gasteiger partial charge in [-0.15, -0.1) is 0 Å². The number of nitrogens with one attached hydrogen (secondary N) is 1. The van der Waals surface area contributed by atoms with Crippen molar-refractivity contribution in [1.82, 2.24) is 10.2 Å². The second-order valence-corrected chi connectivity index (χ2v) is 5.83. The molecule has 1 saturated carbocycles. The number of hydrogen-bond donors (Lipinski definition) is 1. The Morgan fingerprint density at radius 3 is 2.65 bits per heavy atom. The highest BCUT2D eigenvalue weighted by Gasteiger charge is 2.37. The molecule has 0 spiro atoms. The Morgan fingerprint density at radius 2 is 2.00 bits per heavy atom. The first-order valence-corrected chi connectivity index (χ1v) is 7.86. The molecule has 2 rings (SSSR count). The van der Waals surface area contributed by atoms with Gasteiger partial charge < -0.3 is 15.0 Å². The molecule has 2 unspecified atom stereocenters. The van der Waals surface area contributed by atoms with E-state index in [-0.39, 0.29) is 23.9 Å². The predicted octanol–water partition coefficient (Wildman–Crippen LogP) is 1.46. The van der Waals surface area contributed by atoms with Gasteiger partial charge in [-0.05, 0) is 26.2 Å². The summed E-state index contributed by atoms with van der Waals surface area (Å²) in [6, 6.07) is -0.738. The van der Waals surface area contributed by atoms with E-state index in [0.29, 0.717) is 25.7 Å². The van der Waals surface area contributed by atoms with Crippen LogP contribution < -0.4 is 5.32 Å². The smallest absolute Gasteiger partial charge is 0.245 e. The molecular formula is C15H26N2O3. The summed E-state index contributed by atoms with van der Waals surface area (Å²) in [6.07, 6.45) is 6.68. The number of hydrogen-bond acceptors (Lipinski definition) is 3. The van der Waals surface area contributed by atoms with Gasteiger partial charge in [0.15, 0.2) is 0 Å². The quantitative estimate of drug-likeness (QED) is 0.802. The summed E-state index contributed by atoms with van der Waals surface area (Å²) in [4.78, 5) is 25.9. The second kappa shape index (κ2) is 7.07. The van der Waals surface area contributed by atoms with Gasteiger partial charge in [0.1, 0.15) is 12.1 Å². The van der Waals surface area contributed by atoms with Gasteiger partial charge in [-0.1, -0.05) is 26.2 Å². The van der Waals surface area contributed by atoms with Crippen molar-refractivity contribution in [3.63, 3.8) is 0 Å². The van der Waals surface area contributed by atoms with Crippen LogP contribution in [0.4, 0.5) is 0 Å². The Hall–Kier alpha value is -1.10. The zero-order valence-corrected chi connectivity index (χ0v) is 12.6. The molecule has 20 heavy (non-hydrogen) atoms. The molecule has 0 radical (unpaired) electrons. The van der Waals surface area contributed by atoms with Crippen molar-refractivity contribution in [3.8, 4) is 0 Å². The molecule has 1 aliphatic heterocycles. The molecule has 5 heteroatoms. The average molecular weight is 282 g/mol. The highest BCUT2D eigenvalue weighted by atomic mass is 16.5. The number of piperazine rings is 1. The molecule has 0 aromatic rings. The van der Waals surface area contributed by atoms with E-state index in [1.54, 1.807) is 11.8 Å². The number of rotatable bonds is 6. The third-order valence-electron chi connectivity index (χ3n) is 4.31. The average Bonchev–Trinajstić information content (AvgIpc) is 2.93. The Balaban J connectivity index is 1.85. The number of nitrogens with zero attached hydrogens (tertiary/aromatic N) is 1. The van der Waals surface area contributed by atoms with Crippen LogP contribution in [0.25, 0.3) is 0 Å². The topological polar surface area (TPSA) is 58.6 Å². The lowest BCUT2D eigenvalue weighted by atomic mass is 10.0. The van der Waals surface area contributed by atoms with E-state index in [4.69, 9.17) is 4.74 Å². The van der Waals surface area contributed by atoms with Crippen molar-refractivity contribution in [2.24, 2.45) is 0 Å². The lowest BCUT2D eigenvalue weighted by Gasteiger charge is -2.37. The molecule has 2 atom stereocenters. The van der Waals surface area contributed by atoms with Crippen LogP contribution in [0, 0.1) is 0 Å². The molecular weight excluding hydrogens is 256 g/mol. The van der Waals surface area contributed by atoms with E-state index in [9.17, 15) is 9.59 Å². The van der Waals surface area contributed by atoms with Gasteiger partial charge in [-0.25, -0.2) is 0 Å². The van der Waals surface area contributed by atoms with Crippen molar-refractivity contribution in [1.29, 1.82) is 0 Å². The van der Waals surface area contributed by atoms with Gasteiger partial charge in [0, 0.05) is 6.54 Å². The predicted molar refractivity (Wildman–Crippen MR) is 76.2 cm³/mol. The molecule has 5 nitrogen and oxygen atoms in total. The summed E-state index contributed by atoms with van der Waals surface area (Å²) >= 11 is 0. The highest BCUT2D eigenvalue weighted by Crippen LogP contribution is 2.21. The van der Waals surface area contributed by atoms with Crippen molar-refractivity contribution < 1.29 is 14.3 Å². The number of ether oxygens (including phenoxy) is 1. The van der Waals surface area contributed by atoms with Gasteiger partial charge in [0.25, 0.3) is 0 Å².